The topological polar surface area (TPSA) is 111 Å². The molecule has 0 amide bonds. The molecule has 2 atom stereocenters. The van der Waals surface area contributed by atoms with E-state index in [0.29, 0.717) is 17.4 Å². The van der Waals surface area contributed by atoms with Crippen molar-refractivity contribution in [2.24, 2.45) is 0 Å². The first-order valence-electron chi connectivity index (χ1n) is 17.7. The van der Waals surface area contributed by atoms with Crippen molar-refractivity contribution in [3.05, 3.63) is 0 Å². The highest BCUT2D eigenvalue weighted by Crippen LogP contribution is 2.38. The molecule has 0 aliphatic rings. The first-order chi connectivity index (χ1) is 21.0. The first-order valence-corrected chi connectivity index (χ1v) is 19.2. The highest BCUT2D eigenvalue weighted by atomic mass is 31.2. The van der Waals surface area contributed by atoms with Crippen LogP contribution in [0.1, 0.15) is 155 Å². The number of rotatable bonds is 32. The fourth-order valence-corrected chi connectivity index (χ4v) is 5.50. The Morgan fingerprint density at radius 2 is 1.02 bits per heavy atom. The monoisotopic (exact) mass is 649 g/mol. The van der Waals surface area contributed by atoms with Gasteiger partial charge >= 0.3 is 11.9 Å². The van der Waals surface area contributed by atoms with Gasteiger partial charge in [-0.05, 0) is 12.8 Å². The van der Waals surface area contributed by atoms with Crippen molar-refractivity contribution in [2.75, 3.05) is 47.5 Å². The number of hydrogen-bond donors (Lipinski definition) is 0. The van der Waals surface area contributed by atoms with E-state index >= 15 is 0 Å². The Labute approximate surface area is 270 Å². The van der Waals surface area contributed by atoms with Crippen LogP contribution in [0, 0.1) is 0 Å². The minimum Gasteiger partial charge on any atom is -0.756 e. The molecule has 0 fully saturated rings. The van der Waals surface area contributed by atoms with Crippen molar-refractivity contribution in [1.29, 1.82) is 0 Å². The van der Waals surface area contributed by atoms with Crippen molar-refractivity contribution in [3.8, 4) is 0 Å². The summed E-state index contributed by atoms with van der Waals surface area (Å²) in [7, 11) is 1.17. The summed E-state index contributed by atoms with van der Waals surface area (Å²) in [4.78, 5) is 37.1. The zero-order valence-electron chi connectivity index (χ0n) is 29.1. The third-order valence-electron chi connectivity index (χ3n) is 7.63. The van der Waals surface area contributed by atoms with Gasteiger partial charge in [-0.25, -0.2) is 0 Å². The molecular formula is C34H68NO8P. The Morgan fingerprint density at radius 1 is 0.614 bits per heavy atom. The van der Waals surface area contributed by atoms with E-state index in [1.165, 1.54) is 89.9 Å². The van der Waals surface area contributed by atoms with Gasteiger partial charge in [-0.1, -0.05) is 129 Å². The summed E-state index contributed by atoms with van der Waals surface area (Å²) in [5, 5.41) is 0. The maximum atomic E-state index is 12.5. The van der Waals surface area contributed by atoms with Crippen molar-refractivity contribution < 1.29 is 42.1 Å². The summed E-state index contributed by atoms with van der Waals surface area (Å²) in [5.74, 6) is -0.833. The normalized spacial score (nSPS) is 13.9. The van der Waals surface area contributed by atoms with Crippen LogP contribution in [0.4, 0.5) is 0 Å². The van der Waals surface area contributed by atoms with Crippen LogP contribution in [0.15, 0.2) is 0 Å². The van der Waals surface area contributed by atoms with Crippen LogP contribution in [0.25, 0.3) is 0 Å². The molecule has 0 aliphatic carbocycles. The lowest BCUT2D eigenvalue weighted by molar-refractivity contribution is -0.870. The van der Waals surface area contributed by atoms with Crippen LogP contribution < -0.4 is 4.89 Å². The molecule has 44 heavy (non-hydrogen) atoms. The SMILES string of the molecule is CCCCCCCCCCCCCC(=O)OC(COC(=O)CCCCCCCCCCC)COP(=O)([O-])OCC[N+](C)(C)C. The van der Waals surface area contributed by atoms with Crippen molar-refractivity contribution in [2.45, 2.75) is 161 Å². The molecule has 0 aliphatic heterocycles. The van der Waals surface area contributed by atoms with Gasteiger partial charge in [0.1, 0.15) is 19.8 Å². The standard InChI is InChI=1S/C34H68NO8P/c1-6-8-10-12-14-16-17-19-21-23-25-27-34(37)43-32(31-42-44(38,39)41-29-28-35(3,4)5)30-40-33(36)26-24-22-20-18-15-13-11-9-7-2/h32H,6-31H2,1-5H3. The van der Waals surface area contributed by atoms with Gasteiger partial charge < -0.3 is 27.9 Å². The van der Waals surface area contributed by atoms with Gasteiger partial charge in [0.2, 0.25) is 0 Å². The fourth-order valence-electron chi connectivity index (χ4n) is 4.77. The van der Waals surface area contributed by atoms with Crippen LogP contribution in [0.5, 0.6) is 0 Å². The van der Waals surface area contributed by atoms with E-state index in [0.717, 1.165) is 32.1 Å². The Morgan fingerprint density at radius 3 is 1.45 bits per heavy atom. The van der Waals surface area contributed by atoms with Crippen LogP contribution in [0.3, 0.4) is 0 Å². The average Bonchev–Trinajstić information content (AvgIpc) is 2.95. The van der Waals surface area contributed by atoms with Crippen LogP contribution in [-0.4, -0.2) is 70.0 Å². The summed E-state index contributed by atoms with van der Waals surface area (Å²) < 4.78 is 33.6. The number of carbonyl (C=O) groups is 2. The number of carbonyl (C=O) groups excluding carboxylic acids is 2. The molecule has 0 N–H and O–H groups in total. The molecule has 0 saturated heterocycles. The zero-order valence-corrected chi connectivity index (χ0v) is 30.0. The highest BCUT2D eigenvalue weighted by Gasteiger charge is 2.21. The van der Waals surface area contributed by atoms with Crippen molar-refractivity contribution >= 4 is 19.8 Å². The number of ether oxygens (including phenoxy) is 2. The third-order valence-corrected chi connectivity index (χ3v) is 8.59. The van der Waals surface area contributed by atoms with Gasteiger partial charge in [0.05, 0.1) is 27.7 Å². The molecule has 262 valence electrons. The fraction of sp³-hybridized carbons (Fsp3) is 0.941. The van der Waals surface area contributed by atoms with Gasteiger partial charge in [0.15, 0.2) is 6.10 Å². The first kappa shape index (κ1) is 43.0. The molecule has 9 nitrogen and oxygen atoms in total. The molecule has 0 saturated carbocycles. The average molecular weight is 650 g/mol. The van der Waals surface area contributed by atoms with E-state index in [1.807, 2.05) is 21.1 Å². The van der Waals surface area contributed by atoms with E-state index in [1.54, 1.807) is 0 Å². The molecule has 0 spiro atoms. The molecule has 0 aromatic heterocycles. The van der Waals surface area contributed by atoms with Crippen LogP contribution in [0.2, 0.25) is 0 Å². The summed E-state index contributed by atoms with van der Waals surface area (Å²) in [6, 6.07) is 0. The second-order valence-corrected chi connectivity index (χ2v) is 14.7. The van der Waals surface area contributed by atoms with Gasteiger partial charge in [0, 0.05) is 12.8 Å². The Balaban J connectivity index is 4.47. The van der Waals surface area contributed by atoms with Gasteiger partial charge in [-0.2, -0.15) is 0 Å². The minimum absolute atomic E-state index is 0.0265. The lowest BCUT2D eigenvalue weighted by Gasteiger charge is -2.28. The molecule has 0 aromatic rings. The summed E-state index contributed by atoms with van der Waals surface area (Å²) in [6.45, 7) is 4.18. The van der Waals surface area contributed by atoms with Crippen LogP contribution in [-0.2, 0) is 32.7 Å². The Kier molecular flexibility index (Phi) is 27.6. The summed E-state index contributed by atoms with van der Waals surface area (Å²) in [5.41, 5.74) is 0. The van der Waals surface area contributed by atoms with Crippen molar-refractivity contribution in [1.82, 2.24) is 0 Å². The smallest absolute Gasteiger partial charge is 0.306 e. The van der Waals surface area contributed by atoms with Gasteiger partial charge in [0.25, 0.3) is 7.82 Å². The molecule has 0 rings (SSSR count). The van der Waals surface area contributed by atoms with Crippen LogP contribution >= 0.6 is 7.82 Å². The number of quaternary nitrogens is 1. The maximum Gasteiger partial charge on any atom is 0.306 e. The predicted molar refractivity (Wildman–Crippen MR) is 176 cm³/mol. The molecule has 10 heteroatoms. The molecule has 0 heterocycles. The lowest BCUT2D eigenvalue weighted by Crippen LogP contribution is -2.37. The van der Waals surface area contributed by atoms with E-state index in [2.05, 4.69) is 13.8 Å². The van der Waals surface area contributed by atoms with E-state index in [9.17, 15) is 19.0 Å². The highest BCUT2D eigenvalue weighted by molar-refractivity contribution is 7.45. The Bertz CT molecular complexity index is 743. The van der Waals surface area contributed by atoms with E-state index in [4.69, 9.17) is 18.5 Å². The number of phosphoric ester groups is 1. The second-order valence-electron chi connectivity index (χ2n) is 13.2. The largest absolute Gasteiger partial charge is 0.756 e. The number of esters is 2. The molecule has 0 bridgehead atoms. The molecule has 0 radical (unpaired) electrons. The number of phosphoric acid groups is 1. The van der Waals surface area contributed by atoms with Gasteiger partial charge in [-0.3, -0.25) is 14.2 Å². The quantitative estimate of drug-likeness (QED) is 0.0310. The minimum atomic E-state index is -4.60. The zero-order chi connectivity index (χ0) is 32.9. The third kappa shape index (κ3) is 31.0. The number of hydrogen-bond acceptors (Lipinski definition) is 8. The molecule has 2 unspecified atom stereocenters. The second kappa shape index (κ2) is 28.3. The van der Waals surface area contributed by atoms with Gasteiger partial charge in [-0.15, -0.1) is 0 Å². The molecular weight excluding hydrogens is 581 g/mol. The summed E-state index contributed by atoms with van der Waals surface area (Å²) >= 11 is 0. The molecule has 0 aromatic carbocycles. The van der Waals surface area contributed by atoms with Crippen molar-refractivity contribution in [3.63, 3.8) is 0 Å². The number of likely N-dealkylation sites (N-methyl/N-ethyl adjacent to an activating group) is 1. The number of nitrogens with zero attached hydrogens (tertiary/aromatic N) is 1. The predicted octanol–water partition coefficient (Wildman–Crippen LogP) is 8.27. The van der Waals surface area contributed by atoms with E-state index in [-0.39, 0.29) is 32.0 Å². The summed E-state index contributed by atoms with van der Waals surface area (Å²) in [6.07, 6.45) is 22.8. The Hall–Kier alpha value is -0.990. The number of unbranched alkanes of at least 4 members (excludes halogenated alkanes) is 18. The van der Waals surface area contributed by atoms with E-state index < -0.39 is 26.5 Å². The maximum absolute atomic E-state index is 12.5. The lowest BCUT2D eigenvalue weighted by atomic mass is 10.1.